The molecule has 0 spiro atoms. The molecule has 1 aromatic carbocycles. The van der Waals surface area contributed by atoms with E-state index in [2.05, 4.69) is 45.5 Å². The highest BCUT2D eigenvalue weighted by Crippen LogP contribution is 2.40. The van der Waals surface area contributed by atoms with Crippen molar-refractivity contribution in [2.24, 2.45) is 5.92 Å². The Kier molecular flexibility index (Phi) is 10.2. The number of thiazole rings is 1. The lowest BCUT2D eigenvalue weighted by molar-refractivity contribution is -0.192. The van der Waals surface area contributed by atoms with Crippen LogP contribution in [0.4, 0.5) is 13.2 Å². The topological polar surface area (TPSA) is 115 Å². The molecule has 4 rings (SSSR count). The average Bonchev–Trinajstić information content (AvgIpc) is 3.50. The van der Waals surface area contributed by atoms with E-state index in [0.717, 1.165) is 36.9 Å². The lowest BCUT2D eigenvalue weighted by atomic mass is 9.96. The number of carboxylic acid groups (broad SMARTS) is 1. The zero-order valence-electron chi connectivity index (χ0n) is 19.7. The summed E-state index contributed by atoms with van der Waals surface area (Å²) in [5, 5.41) is 22.2. The van der Waals surface area contributed by atoms with Crippen molar-refractivity contribution in [3.63, 3.8) is 0 Å². The molecule has 2 unspecified atom stereocenters. The van der Waals surface area contributed by atoms with Crippen molar-refractivity contribution in [1.82, 2.24) is 20.7 Å². The van der Waals surface area contributed by atoms with Gasteiger partial charge < -0.3 is 15.3 Å². The smallest absolute Gasteiger partial charge is 0.475 e. The van der Waals surface area contributed by atoms with Crippen molar-refractivity contribution in [1.29, 1.82) is 0 Å². The first-order chi connectivity index (χ1) is 17.2. The molecular weight excluding hydrogens is 497 g/mol. The van der Waals surface area contributed by atoms with E-state index in [9.17, 15) is 18.0 Å². The molecule has 1 aliphatic carbocycles. The van der Waals surface area contributed by atoms with Crippen LogP contribution in [-0.4, -0.2) is 70.5 Å². The molecule has 2 fully saturated rings. The van der Waals surface area contributed by atoms with Crippen LogP contribution in [0.1, 0.15) is 52.7 Å². The first-order valence-electron chi connectivity index (χ1n) is 11.9. The van der Waals surface area contributed by atoms with Crippen molar-refractivity contribution in [3.8, 4) is 0 Å². The van der Waals surface area contributed by atoms with E-state index in [1.165, 1.54) is 49.3 Å². The van der Waals surface area contributed by atoms with E-state index >= 15 is 0 Å². The number of nitrogens with zero attached hydrogens (tertiary/aromatic N) is 2. The second-order valence-corrected chi connectivity index (χ2v) is 9.97. The van der Waals surface area contributed by atoms with Crippen molar-refractivity contribution < 1.29 is 33.1 Å². The van der Waals surface area contributed by atoms with Gasteiger partial charge in [-0.1, -0.05) is 30.3 Å². The number of amides is 1. The quantitative estimate of drug-likeness (QED) is 0.290. The number of aliphatic carboxylic acids is 1. The molecule has 2 heterocycles. The first kappa shape index (κ1) is 28.0. The highest BCUT2D eigenvalue weighted by atomic mass is 32.1. The predicted molar refractivity (Wildman–Crippen MR) is 128 cm³/mol. The van der Waals surface area contributed by atoms with Gasteiger partial charge in [0.25, 0.3) is 5.91 Å². The Morgan fingerprint density at radius 2 is 1.83 bits per heavy atom. The number of alkyl halides is 3. The van der Waals surface area contributed by atoms with E-state index in [0.29, 0.717) is 17.7 Å². The van der Waals surface area contributed by atoms with Crippen LogP contribution in [0.2, 0.25) is 0 Å². The van der Waals surface area contributed by atoms with Crippen LogP contribution in [0, 0.1) is 5.92 Å². The minimum atomic E-state index is -5.08. The molecule has 0 bridgehead atoms. The molecular formula is C24H31F3N4O4S. The second kappa shape index (κ2) is 13.1. The molecule has 36 heavy (non-hydrogen) atoms. The highest BCUT2D eigenvalue weighted by molar-refractivity contribution is 7.09. The lowest BCUT2D eigenvalue weighted by Crippen LogP contribution is -2.38. The van der Waals surface area contributed by atoms with Crippen LogP contribution in [0.3, 0.4) is 0 Å². The number of hydroxylamine groups is 1. The third kappa shape index (κ3) is 8.84. The van der Waals surface area contributed by atoms with Crippen LogP contribution in [0.5, 0.6) is 0 Å². The fourth-order valence-electron chi connectivity index (χ4n) is 4.26. The minimum absolute atomic E-state index is 0.297. The molecule has 1 aromatic heterocycles. The summed E-state index contributed by atoms with van der Waals surface area (Å²) in [5.74, 6) is -1.79. The van der Waals surface area contributed by atoms with Gasteiger partial charge >= 0.3 is 12.1 Å². The Hall–Kier alpha value is -2.54. The summed E-state index contributed by atoms with van der Waals surface area (Å²) in [6.07, 6.45) is 0.674. The molecule has 2 atom stereocenters. The van der Waals surface area contributed by atoms with Crippen LogP contribution in [-0.2, 0) is 11.2 Å². The van der Waals surface area contributed by atoms with Crippen LogP contribution in [0.25, 0.3) is 0 Å². The number of halogens is 3. The Balaban J connectivity index is 0.000000454. The molecule has 1 amide bonds. The van der Waals surface area contributed by atoms with Crippen molar-refractivity contribution in [2.45, 2.75) is 50.2 Å². The number of carbonyl (C=O) groups excluding carboxylic acids is 1. The Labute approximate surface area is 211 Å². The Morgan fingerprint density at radius 1 is 1.17 bits per heavy atom. The number of hydrogen-bond acceptors (Lipinski definition) is 7. The third-order valence-corrected chi connectivity index (χ3v) is 7.30. The number of aryl methyl sites for hydroxylation is 1. The zero-order valence-corrected chi connectivity index (χ0v) is 20.5. The van der Waals surface area contributed by atoms with Gasteiger partial charge in [0, 0.05) is 23.8 Å². The van der Waals surface area contributed by atoms with Gasteiger partial charge in [-0.3, -0.25) is 10.0 Å². The van der Waals surface area contributed by atoms with E-state index in [4.69, 9.17) is 15.1 Å². The Bertz CT molecular complexity index is 981. The summed E-state index contributed by atoms with van der Waals surface area (Å²) < 4.78 is 31.7. The first-order valence-corrected chi connectivity index (χ1v) is 12.7. The van der Waals surface area contributed by atoms with Crippen LogP contribution >= 0.6 is 11.3 Å². The average molecular weight is 529 g/mol. The number of aromatic nitrogens is 1. The molecule has 4 N–H and O–H groups in total. The molecule has 2 aliphatic rings. The predicted octanol–water partition coefficient (Wildman–Crippen LogP) is 3.69. The lowest BCUT2D eigenvalue weighted by Gasteiger charge is -2.32. The fraction of sp³-hybridized carbons (Fsp3) is 0.542. The van der Waals surface area contributed by atoms with E-state index < -0.39 is 18.1 Å². The van der Waals surface area contributed by atoms with E-state index in [1.807, 2.05) is 0 Å². The molecule has 1 saturated carbocycles. The normalized spacial score (nSPS) is 20.3. The number of benzene rings is 1. The maximum Gasteiger partial charge on any atom is 0.490 e. The van der Waals surface area contributed by atoms with Gasteiger partial charge in [-0.2, -0.15) is 13.2 Å². The maximum atomic E-state index is 11.3. The van der Waals surface area contributed by atoms with Gasteiger partial charge in [0.1, 0.15) is 5.69 Å². The largest absolute Gasteiger partial charge is 0.490 e. The van der Waals surface area contributed by atoms with Crippen LogP contribution < -0.4 is 10.8 Å². The summed E-state index contributed by atoms with van der Waals surface area (Å²) in [7, 11) is 0. The summed E-state index contributed by atoms with van der Waals surface area (Å²) in [6.45, 7) is 4.58. The number of nitrogens with one attached hydrogen (secondary N) is 2. The van der Waals surface area contributed by atoms with Gasteiger partial charge in [0.05, 0.1) is 5.01 Å². The molecule has 12 heteroatoms. The van der Waals surface area contributed by atoms with Gasteiger partial charge in [-0.15, -0.1) is 11.3 Å². The van der Waals surface area contributed by atoms with Crippen molar-refractivity contribution in [2.75, 3.05) is 26.2 Å². The summed E-state index contributed by atoms with van der Waals surface area (Å²) in [6, 6.07) is 11.5. The number of carbonyl (C=O) groups is 2. The monoisotopic (exact) mass is 528 g/mol. The molecule has 0 radical (unpaired) electrons. The van der Waals surface area contributed by atoms with Crippen molar-refractivity contribution in [3.05, 3.63) is 52.0 Å². The molecule has 8 nitrogen and oxygen atoms in total. The molecule has 1 aliphatic heterocycles. The summed E-state index contributed by atoms with van der Waals surface area (Å²) >= 11 is 1.48. The molecule has 2 aromatic rings. The van der Waals surface area contributed by atoms with E-state index in [1.54, 1.807) is 10.9 Å². The fourth-order valence-corrected chi connectivity index (χ4v) is 5.08. The van der Waals surface area contributed by atoms with Crippen LogP contribution in [0.15, 0.2) is 35.7 Å². The molecule has 1 saturated heterocycles. The Morgan fingerprint density at radius 3 is 2.44 bits per heavy atom. The van der Waals surface area contributed by atoms with Gasteiger partial charge in [0.15, 0.2) is 0 Å². The maximum absolute atomic E-state index is 11.3. The highest BCUT2D eigenvalue weighted by Gasteiger charge is 2.38. The SMILES string of the molecule is O=C(NO)c1csc(CCCN2CCC(CNC3CC3c3ccccc3)CC2)n1.O=C(O)C(F)(F)F. The van der Waals surface area contributed by atoms with E-state index in [-0.39, 0.29) is 0 Å². The van der Waals surface area contributed by atoms with Gasteiger partial charge in [-0.05, 0) is 63.3 Å². The standard InChI is InChI=1S/C22H30N4O2S.C2HF3O2/c27-22(25-28)20-15-29-21(24-20)7-4-10-26-11-8-16(9-12-26)14-23-19-13-18(19)17-5-2-1-3-6-17;3-2(4,5)1(6)7/h1-3,5-6,15-16,18-19,23,28H,4,7-14H2,(H,25,27);(H,6,7). The summed E-state index contributed by atoms with van der Waals surface area (Å²) in [4.78, 5) is 27.1. The third-order valence-electron chi connectivity index (χ3n) is 6.39. The number of rotatable bonds is 9. The summed E-state index contributed by atoms with van der Waals surface area (Å²) in [5.41, 5.74) is 3.40. The second-order valence-electron chi connectivity index (χ2n) is 9.03. The number of piperidine rings is 1. The number of carboxylic acids is 1. The number of hydrogen-bond donors (Lipinski definition) is 4. The molecule has 198 valence electrons. The minimum Gasteiger partial charge on any atom is -0.475 e. The van der Waals surface area contributed by atoms with Gasteiger partial charge in [-0.25, -0.2) is 15.3 Å². The number of likely N-dealkylation sites (tertiary alicyclic amines) is 1. The van der Waals surface area contributed by atoms with Gasteiger partial charge in [0.2, 0.25) is 0 Å². The zero-order chi connectivity index (χ0) is 26.1. The van der Waals surface area contributed by atoms with Crippen molar-refractivity contribution >= 4 is 23.2 Å².